The molecule has 0 bridgehead atoms. The van der Waals surface area contributed by atoms with Crippen LogP contribution in [-0.4, -0.2) is 24.1 Å². The van der Waals surface area contributed by atoms with Crippen LogP contribution < -0.4 is 15.5 Å². The zero-order valence-electron chi connectivity index (χ0n) is 13.6. The van der Waals surface area contributed by atoms with Crippen molar-refractivity contribution in [1.29, 1.82) is 0 Å². The van der Waals surface area contributed by atoms with Gasteiger partial charge in [0, 0.05) is 13.1 Å². The van der Waals surface area contributed by atoms with Gasteiger partial charge in [0.1, 0.15) is 0 Å². The fourth-order valence-corrected chi connectivity index (χ4v) is 3.59. The molecule has 3 rings (SSSR count). The summed E-state index contributed by atoms with van der Waals surface area (Å²) >= 11 is 6.37. The molecule has 0 radical (unpaired) electrons. The Morgan fingerprint density at radius 1 is 1.19 bits per heavy atom. The third kappa shape index (κ3) is 4.34. The van der Waals surface area contributed by atoms with Crippen molar-refractivity contribution in [3.8, 4) is 0 Å². The van der Waals surface area contributed by atoms with Crippen LogP contribution in [0.3, 0.4) is 0 Å². The minimum absolute atomic E-state index is 0.0387. The van der Waals surface area contributed by atoms with E-state index < -0.39 is 17.6 Å². The van der Waals surface area contributed by atoms with E-state index in [0.29, 0.717) is 10.6 Å². The minimum atomic E-state index is -4.46. The monoisotopic (exact) mass is 399 g/mol. The molecule has 1 fully saturated rings. The summed E-state index contributed by atoms with van der Waals surface area (Å²) < 4.78 is 39.2. The summed E-state index contributed by atoms with van der Waals surface area (Å²) in [5.74, 6) is -0.396. The molecular formula is C17H16F3N3OS2. The van der Waals surface area contributed by atoms with Crippen LogP contribution in [0.4, 0.5) is 24.5 Å². The first-order valence-corrected chi connectivity index (χ1v) is 9.25. The Balaban J connectivity index is 1.81. The first-order valence-electron chi connectivity index (χ1n) is 7.96. The van der Waals surface area contributed by atoms with E-state index in [1.54, 1.807) is 17.5 Å². The number of hydrogen-bond acceptors (Lipinski definition) is 4. The van der Waals surface area contributed by atoms with Gasteiger partial charge in [0.25, 0.3) is 5.91 Å². The summed E-state index contributed by atoms with van der Waals surface area (Å²) in [6, 6.07) is 6.90. The molecule has 2 aromatic rings. The van der Waals surface area contributed by atoms with Gasteiger partial charge in [-0.25, -0.2) is 0 Å². The van der Waals surface area contributed by atoms with Crippen LogP contribution in [-0.2, 0) is 6.18 Å². The number of rotatable bonds is 3. The molecule has 0 spiro atoms. The summed E-state index contributed by atoms with van der Waals surface area (Å²) in [7, 11) is 0. The molecule has 4 nitrogen and oxygen atoms in total. The number of anilines is 2. The van der Waals surface area contributed by atoms with E-state index in [9.17, 15) is 18.0 Å². The second-order valence-electron chi connectivity index (χ2n) is 5.81. The largest absolute Gasteiger partial charge is 0.416 e. The lowest BCUT2D eigenvalue weighted by molar-refractivity contribution is -0.137. The highest BCUT2D eigenvalue weighted by Crippen LogP contribution is 2.36. The highest BCUT2D eigenvalue weighted by Gasteiger charge is 2.32. The Morgan fingerprint density at radius 3 is 2.54 bits per heavy atom. The molecule has 0 atom stereocenters. The van der Waals surface area contributed by atoms with Gasteiger partial charge in [-0.15, -0.1) is 11.3 Å². The maximum absolute atomic E-state index is 13.1. The van der Waals surface area contributed by atoms with Crippen LogP contribution in [0.2, 0.25) is 0 Å². The lowest BCUT2D eigenvalue weighted by atomic mass is 10.1. The van der Waals surface area contributed by atoms with Crippen LogP contribution >= 0.6 is 23.6 Å². The van der Waals surface area contributed by atoms with Crippen LogP contribution in [0, 0.1) is 0 Å². The average Bonchev–Trinajstić information content (AvgIpc) is 3.27. The number of thiophene rings is 1. The van der Waals surface area contributed by atoms with Gasteiger partial charge in [-0.05, 0) is 54.7 Å². The predicted molar refractivity (Wildman–Crippen MR) is 101 cm³/mol. The lowest BCUT2D eigenvalue weighted by Crippen LogP contribution is -2.34. The number of benzene rings is 1. The van der Waals surface area contributed by atoms with Crippen LogP contribution in [0.5, 0.6) is 0 Å². The number of halogens is 3. The number of carbonyl (C=O) groups is 1. The van der Waals surface area contributed by atoms with Crippen molar-refractivity contribution < 1.29 is 18.0 Å². The number of carbonyl (C=O) groups excluding carboxylic acids is 1. The second kappa shape index (κ2) is 7.63. The topological polar surface area (TPSA) is 44.4 Å². The van der Waals surface area contributed by atoms with Crippen molar-refractivity contribution in [2.24, 2.45) is 0 Å². The summed E-state index contributed by atoms with van der Waals surface area (Å²) in [4.78, 5) is 14.5. The molecule has 2 N–H and O–H groups in total. The quantitative estimate of drug-likeness (QED) is 0.747. The van der Waals surface area contributed by atoms with Crippen molar-refractivity contribution in [3.63, 3.8) is 0 Å². The maximum atomic E-state index is 13.1. The van der Waals surface area contributed by atoms with Crippen molar-refractivity contribution in [2.45, 2.75) is 19.0 Å². The molecule has 0 aliphatic carbocycles. The van der Waals surface area contributed by atoms with Gasteiger partial charge in [-0.1, -0.05) is 6.07 Å². The summed E-state index contributed by atoms with van der Waals surface area (Å²) in [6.45, 7) is 1.54. The molecule has 0 unspecified atom stereocenters. The highest BCUT2D eigenvalue weighted by molar-refractivity contribution is 7.80. The first-order chi connectivity index (χ1) is 12.3. The molecule has 1 aliphatic heterocycles. The first kappa shape index (κ1) is 18.7. The van der Waals surface area contributed by atoms with Gasteiger partial charge < -0.3 is 10.2 Å². The van der Waals surface area contributed by atoms with Gasteiger partial charge in [0.15, 0.2) is 5.11 Å². The Morgan fingerprint density at radius 2 is 1.92 bits per heavy atom. The highest BCUT2D eigenvalue weighted by atomic mass is 32.1. The minimum Gasteiger partial charge on any atom is -0.370 e. The van der Waals surface area contributed by atoms with E-state index in [0.717, 1.165) is 38.1 Å². The van der Waals surface area contributed by atoms with E-state index in [1.165, 1.54) is 17.4 Å². The van der Waals surface area contributed by atoms with Crippen molar-refractivity contribution >= 4 is 45.9 Å². The molecule has 1 saturated heterocycles. The van der Waals surface area contributed by atoms with Crippen LogP contribution in [0.25, 0.3) is 0 Å². The third-order valence-corrected chi connectivity index (χ3v) is 5.06. The maximum Gasteiger partial charge on any atom is 0.416 e. The molecule has 2 heterocycles. The fraction of sp³-hybridized carbons (Fsp3) is 0.294. The standard InChI is InChI=1S/C17H16F3N3OS2/c18-17(19,20)11-5-6-13(23-7-1-2-8-23)12(10-11)21-16(25)22-15(24)14-4-3-9-26-14/h3-6,9-10H,1-2,7-8H2,(H2,21,22,24,25). The van der Waals surface area contributed by atoms with Gasteiger partial charge in [-0.2, -0.15) is 13.2 Å². The Bertz CT molecular complexity index is 800. The zero-order valence-corrected chi connectivity index (χ0v) is 15.2. The smallest absolute Gasteiger partial charge is 0.370 e. The normalized spacial score (nSPS) is 14.3. The van der Waals surface area contributed by atoms with Crippen LogP contribution in [0.15, 0.2) is 35.7 Å². The van der Waals surface area contributed by atoms with E-state index in [4.69, 9.17) is 12.2 Å². The van der Waals surface area contributed by atoms with E-state index in [2.05, 4.69) is 10.6 Å². The van der Waals surface area contributed by atoms with E-state index >= 15 is 0 Å². The molecular weight excluding hydrogens is 383 g/mol. The average molecular weight is 399 g/mol. The predicted octanol–water partition coefficient (Wildman–Crippen LogP) is 4.49. The molecule has 0 saturated carbocycles. The number of thiocarbonyl (C=S) groups is 1. The van der Waals surface area contributed by atoms with Crippen molar-refractivity contribution in [1.82, 2.24) is 5.32 Å². The van der Waals surface area contributed by atoms with Crippen LogP contribution in [0.1, 0.15) is 28.1 Å². The summed E-state index contributed by atoms with van der Waals surface area (Å²) in [5, 5.41) is 6.97. The molecule has 26 heavy (non-hydrogen) atoms. The fourth-order valence-electron chi connectivity index (χ4n) is 2.77. The van der Waals surface area contributed by atoms with Gasteiger partial charge in [0.2, 0.25) is 0 Å². The van der Waals surface area contributed by atoms with Crippen molar-refractivity contribution in [2.75, 3.05) is 23.3 Å². The molecule has 138 valence electrons. The van der Waals surface area contributed by atoms with E-state index in [-0.39, 0.29) is 10.8 Å². The van der Waals surface area contributed by atoms with Gasteiger partial charge in [0.05, 0.1) is 21.8 Å². The Kier molecular flexibility index (Phi) is 5.47. The zero-order chi connectivity index (χ0) is 18.7. The summed E-state index contributed by atoms with van der Waals surface area (Å²) in [6.07, 6.45) is -2.48. The Labute approximate surface area is 158 Å². The van der Waals surface area contributed by atoms with Crippen molar-refractivity contribution in [3.05, 3.63) is 46.2 Å². The number of alkyl halides is 3. The molecule has 1 aromatic carbocycles. The Hall–Kier alpha value is -2.13. The molecule has 1 amide bonds. The molecule has 1 aliphatic rings. The third-order valence-electron chi connectivity index (χ3n) is 3.99. The van der Waals surface area contributed by atoms with E-state index in [1.807, 2.05) is 4.90 Å². The van der Waals surface area contributed by atoms with Gasteiger partial charge >= 0.3 is 6.18 Å². The number of hydrogen-bond donors (Lipinski definition) is 2. The lowest BCUT2D eigenvalue weighted by Gasteiger charge is -2.23. The molecule has 9 heteroatoms. The molecule has 1 aromatic heterocycles. The number of amides is 1. The SMILES string of the molecule is O=C(NC(=S)Nc1cc(C(F)(F)F)ccc1N1CCCC1)c1cccs1. The van der Waals surface area contributed by atoms with Gasteiger partial charge in [-0.3, -0.25) is 10.1 Å². The number of nitrogens with one attached hydrogen (secondary N) is 2. The second-order valence-corrected chi connectivity index (χ2v) is 7.17. The summed E-state index contributed by atoms with van der Waals surface area (Å²) in [5.41, 5.74) is 0.108. The number of nitrogens with zero attached hydrogens (tertiary/aromatic N) is 1.